The Labute approximate surface area is 31.6 Å². The second kappa shape index (κ2) is 2.18. The summed E-state index contributed by atoms with van der Waals surface area (Å²) >= 11 is 0. The summed E-state index contributed by atoms with van der Waals surface area (Å²) in [6, 6.07) is 0. The minimum Gasteiger partial charge on any atom is -0.379 e. The maximum atomic E-state index is 8.08. The highest BCUT2D eigenvalue weighted by molar-refractivity contribution is 4.42. The third kappa shape index (κ3) is 3.92. The lowest BCUT2D eigenvalue weighted by Crippen LogP contribution is -2.16. The highest BCUT2D eigenvalue weighted by atomic mass is 16.3. The van der Waals surface area contributed by atoms with Crippen LogP contribution in [0, 0.1) is 6.92 Å². The maximum absolute atomic E-state index is 8.08. The topological polar surface area (TPSA) is 46.2 Å². The average Bonchev–Trinajstić information content (AvgIpc) is 1.38. The van der Waals surface area contributed by atoms with Gasteiger partial charge >= 0.3 is 0 Å². The minimum atomic E-state index is -0.727. The zero-order valence-corrected chi connectivity index (χ0v) is 3.02. The molecular formula is C3H8NO. The molecular weight excluding hydrogens is 66.0 g/mol. The van der Waals surface area contributed by atoms with Crippen molar-refractivity contribution in [2.45, 2.75) is 12.6 Å². The van der Waals surface area contributed by atoms with E-state index in [1.54, 1.807) is 0 Å². The van der Waals surface area contributed by atoms with Crippen LogP contribution >= 0.6 is 0 Å². The van der Waals surface area contributed by atoms with Crippen LogP contribution in [0.3, 0.4) is 0 Å². The summed E-state index contributed by atoms with van der Waals surface area (Å²) < 4.78 is 0. The number of hydrogen-bond acceptors (Lipinski definition) is 2. The summed E-state index contributed by atoms with van der Waals surface area (Å²) in [6.45, 7) is 3.31. The first-order chi connectivity index (χ1) is 2.27. The average molecular weight is 74.1 g/mol. The molecule has 0 saturated carbocycles. The van der Waals surface area contributed by atoms with Gasteiger partial charge in [-0.3, -0.25) is 0 Å². The van der Waals surface area contributed by atoms with Gasteiger partial charge in [-0.25, -0.2) is 0 Å². The largest absolute Gasteiger partial charge is 0.379 e. The smallest absolute Gasteiger partial charge is 0.102 e. The van der Waals surface area contributed by atoms with Gasteiger partial charge < -0.3 is 10.8 Å². The van der Waals surface area contributed by atoms with Crippen LogP contribution in [0.1, 0.15) is 6.42 Å². The molecule has 0 fully saturated rings. The van der Waals surface area contributed by atoms with Gasteiger partial charge in [0.2, 0.25) is 0 Å². The van der Waals surface area contributed by atoms with E-state index in [9.17, 15) is 0 Å². The molecule has 0 bridgehead atoms. The Morgan fingerprint density at radius 3 is 2.20 bits per heavy atom. The van der Waals surface area contributed by atoms with Crippen molar-refractivity contribution < 1.29 is 5.11 Å². The lowest BCUT2D eigenvalue weighted by Gasteiger charge is -1.91. The standard InChI is InChI=1S/C3H8NO/c1-2-3(4)5/h3,5H,1-2,4H2. The summed E-state index contributed by atoms with van der Waals surface area (Å²) in [5.41, 5.74) is 4.78. The third-order valence-corrected chi connectivity index (χ3v) is 0.296. The van der Waals surface area contributed by atoms with Crippen LogP contribution in [0.5, 0.6) is 0 Å². The lowest BCUT2D eigenvalue weighted by atomic mass is 10.5. The van der Waals surface area contributed by atoms with E-state index in [1.807, 2.05) is 0 Å². The molecule has 1 radical (unpaired) electrons. The van der Waals surface area contributed by atoms with Crippen molar-refractivity contribution >= 4 is 0 Å². The van der Waals surface area contributed by atoms with Gasteiger partial charge in [-0.05, 0) is 13.3 Å². The van der Waals surface area contributed by atoms with Gasteiger partial charge in [-0.1, -0.05) is 0 Å². The summed E-state index contributed by atoms with van der Waals surface area (Å²) in [4.78, 5) is 0. The van der Waals surface area contributed by atoms with E-state index in [0.29, 0.717) is 6.42 Å². The van der Waals surface area contributed by atoms with Gasteiger partial charge in [-0.2, -0.15) is 0 Å². The molecule has 0 saturated heterocycles. The molecule has 0 heterocycles. The van der Waals surface area contributed by atoms with Crippen LogP contribution in [0.15, 0.2) is 0 Å². The Bertz CT molecular complexity index is 20.9. The van der Waals surface area contributed by atoms with Gasteiger partial charge in [0.15, 0.2) is 0 Å². The SMILES string of the molecule is [CH2]CC(N)O. The Kier molecular flexibility index (Phi) is 2.14. The minimum absolute atomic E-state index is 0.389. The second-order valence-corrected chi connectivity index (χ2v) is 0.856. The van der Waals surface area contributed by atoms with Crippen LogP contribution in [0.4, 0.5) is 0 Å². The highest BCUT2D eigenvalue weighted by Crippen LogP contribution is 1.71. The molecule has 2 nitrogen and oxygen atoms in total. The molecule has 0 aliphatic heterocycles. The Hall–Kier alpha value is -0.0800. The summed E-state index contributed by atoms with van der Waals surface area (Å²) in [7, 11) is 0. The van der Waals surface area contributed by atoms with Crippen LogP contribution in [0.25, 0.3) is 0 Å². The van der Waals surface area contributed by atoms with Crippen molar-refractivity contribution in [2.24, 2.45) is 5.73 Å². The molecule has 1 unspecified atom stereocenters. The Balaban J connectivity index is 2.54. The van der Waals surface area contributed by atoms with Crippen LogP contribution in [0.2, 0.25) is 0 Å². The van der Waals surface area contributed by atoms with Gasteiger partial charge in [0, 0.05) is 0 Å². The van der Waals surface area contributed by atoms with Crippen molar-refractivity contribution in [3.05, 3.63) is 6.92 Å². The van der Waals surface area contributed by atoms with Gasteiger partial charge in [0.05, 0.1) is 0 Å². The van der Waals surface area contributed by atoms with E-state index >= 15 is 0 Å². The van der Waals surface area contributed by atoms with Crippen molar-refractivity contribution in [1.82, 2.24) is 0 Å². The van der Waals surface area contributed by atoms with E-state index in [-0.39, 0.29) is 0 Å². The Morgan fingerprint density at radius 2 is 2.20 bits per heavy atom. The lowest BCUT2D eigenvalue weighted by molar-refractivity contribution is 0.185. The normalized spacial score (nSPS) is 15.0. The fourth-order valence-corrected chi connectivity index (χ4v) is 0. The molecule has 0 spiro atoms. The van der Waals surface area contributed by atoms with Crippen LogP contribution < -0.4 is 5.73 Å². The van der Waals surface area contributed by atoms with E-state index in [4.69, 9.17) is 10.8 Å². The van der Waals surface area contributed by atoms with Gasteiger partial charge in [0.1, 0.15) is 6.23 Å². The summed E-state index contributed by atoms with van der Waals surface area (Å²) in [6.07, 6.45) is -0.338. The zero-order chi connectivity index (χ0) is 4.28. The fraction of sp³-hybridized carbons (Fsp3) is 0.667. The molecule has 0 aliphatic carbocycles. The first kappa shape index (κ1) is 4.92. The number of rotatable bonds is 1. The number of nitrogens with two attached hydrogens (primary N) is 1. The Morgan fingerprint density at radius 1 is 2.00 bits per heavy atom. The first-order valence-corrected chi connectivity index (χ1v) is 1.50. The molecule has 0 rings (SSSR count). The van der Waals surface area contributed by atoms with Crippen molar-refractivity contribution in [2.75, 3.05) is 0 Å². The number of aliphatic hydroxyl groups excluding tert-OH is 1. The molecule has 0 aromatic rings. The highest BCUT2D eigenvalue weighted by Gasteiger charge is 1.81. The van der Waals surface area contributed by atoms with E-state index in [2.05, 4.69) is 6.92 Å². The number of hydrogen-bond donors (Lipinski definition) is 2. The van der Waals surface area contributed by atoms with Crippen molar-refractivity contribution in [3.8, 4) is 0 Å². The van der Waals surface area contributed by atoms with E-state index in [1.165, 1.54) is 0 Å². The third-order valence-electron chi connectivity index (χ3n) is 0.296. The molecule has 0 aromatic carbocycles. The van der Waals surface area contributed by atoms with Crippen LogP contribution in [-0.2, 0) is 0 Å². The molecule has 31 valence electrons. The van der Waals surface area contributed by atoms with E-state index in [0.717, 1.165) is 0 Å². The zero-order valence-electron chi connectivity index (χ0n) is 3.02. The van der Waals surface area contributed by atoms with Crippen molar-refractivity contribution in [1.29, 1.82) is 0 Å². The predicted molar refractivity (Wildman–Crippen MR) is 20.2 cm³/mol. The van der Waals surface area contributed by atoms with Gasteiger partial charge in [0.25, 0.3) is 0 Å². The van der Waals surface area contributed by atoms with Gasteiger partial charge in [-0.15, -0.1) is 0 Å². The molecule has 5 heavy (non-hydrogen) atoms. The molecule has 3 N–H and O–H groups in total. The molecule has 0 amide bonds. The monoisotopic (exact) mass is 74.1 g/mol. The van der Waals surface area contributed by atoms with Crippen molar-refractivity contribution in [3.63, 3.8) is 0 Å². The predicted octanol–water partition coefficient (Wildman–Crippen LogP) is -0.512. The molecule has 2 heteroatoms. The molecule has 0 aliphatic rings. The second-order valence-electron chi connectivity index (χ2n) is 0.856. The molecule has 1 atom stereocenters. The van der Waals surface area contributed by atoms with E-state index < -0.39 is 6.23 Å². The molecule has 0 aromatic heterocycles. The quantitative estimate of drug-likeness (QED) is 0.411. The maximum Gasteiger partial charge on any atom is 0.102 e. The number of aliphatic hydroxyl groups is 1. The van der Waals surface area contributed by atoms with Crippen LogP contribution in [-0.4, -0.2) is 11.3 Å². The first-order valence-electron chi connectivity index (χ1n) is 1.50. The summed E-state index contributed by atoms with van der Waals surface area (Å²) in [5, 5.41) is 8.08. The summed E-state index contributed by atoms with van der Waals surface area (Å²) in [5.74, 6) is 0. The fourth-order valence-electron chi connectivity index (χ4n) is 0.